The molecule has 6 heteroatoms. The summed E-state index contributed by atoms with van der Waals surface area (Å²) in [5, 5.41) is 12.2. The van der Waals surface area contributed by atoms with Crippen LogP contribution in [-0.2, 0) is 12.2 Å². The number of aromatic nitrogens is 2. The predicted molar refractivity (Wildman–Crippen MR) is 80.9 cm³/mol. The molecule has 0 bridgehead atoms. The number of carbonyl (C=O) groups excluding carboxylic acids is 1. The molecule has 19 heavy (non-hydrogen) atoms. The van der Waals surface area contributed by atoms with Crippen LogP contribution in [0.2, 0.25) is 0 Å². The molecule has 0 aliphatic heterocycles. The first-order valence-corrected chi connectivity index (χ1v) is 8.15. The molecule has 1 amide bonds. The maximum absolute atomic E-state index is 12.1. The highest BCUT2D eigenvalue weighted by Gasteiger charge is 2.10. The first-order valence-electron chi connectivity index (χ1n) is 5.94. The molecule has 0 unspecified atom stereocenters. The molecule has 0 atom stereocenters. The van der Waals surface area contributed by atoms with E-state index in [-0.39, 0.29) is 5.91 Å². The average molecular weight is 293 g/mol. The maximum atomic E-state index is 12.1. The monoisotopic (exact) mass is 293 g/mol. The molecule has 1 heterocycles. The summed E-state index contributed by atoms with van der Waals surface area (Å²) < 4.78 is 0. The smallest absolute Gasteiger partial charge is 0.257 e. The minimum atomic E-state index is -0.137. The van der Waals surface area contributed by atoms with E-state index in [4.69, 9.17) is 0 Å². The van der Waals surface area contributed by atoms with E-state index >= 15 is 0 Å². The van der Waals surface area contributed by atoms with Crippen LogP contribution in [-0.4, -0.2) is 22.4 Å². The quantitative estimate of drug-likeness (QED) is 0.919. The molecule has 0 fully saturated rings. The fourth-order valence-corrected chi connectivity index (χ4v) is 2.77. The number of thioether (sulfide) groups is 1. The number of nitrogens with one attached hydrogen (secondary N) is 1. The van der Waals surface area contributed by atoms with Crippen molar-refractivity contribution in [2.24, 2.45) is 0 Å². The van der Waals surface area contributed by atoms with Crippen LogP contribution in [0.4, 0.5) is 5.13 Å². The number of nitrogens with zero attached hydrogens (tertiary/aromatic N) is 2. The predicted octanol–water partition coefficient (Wildman–Crippen LogP) is 3.22. The molecule has 0 spiro atoms. The van der Waals surface area contributed by atoms with Crippen molar-refractivity contribution >= 4 is 34.1 Å². The molecular formula is C13H15N3OS2. The Morgan fingerprint density at radius 3 is 2.95 bits per heavy atom. The van der Waals surface area contributed by atoms with Gasteiger partial charge in [-0.05, 0) is 30.4 Å². The lowest BCUT2D eigenvalue weighted by atomic mass is 10.1. The lowest BCUT2D eigenvalue weighted by Gasteiger charge is -2.03. The van der Waals surface area contributed by atoms with Crippen LogP contribution in [0.25, 0.3) is 0 Å². The minimum Gasteiger partial charge on any atom is -0.296 e. The Morgan fingerprint density at radius 1 is 1.42 bits per heavy atom. The van der Waals surface area contributed by atoms with Crippen molar-refractivity contribution in [1.29, 1.82) is 0 Å². The van der Waals surface area contributed by atoms with E-state index in [2.05, 4.69) is 15.5 Å². The summed E-state index contributed by atoms with van der Waals surface area (Å²) in [7, 11) is 0. The van der Waals surface area contributed by atoms with Crippen molar-refractivity contribution in [1.82, 2.24) is 10.2 Å². The SMILES string of the molecule is CCc1nnc(NC(=O)c2cccc(CSC)c2)s1. The number of aryl methyl sites for hydroxylation is 1. The fourth-order valence-electron chi connectivity index (χ4n) is 1.59. The van der Waals surface area contributed by atoms with E-state index in [1.165, 1.54) is 11.3 Å². The van der Waals surface area contributed by atoms with Crippen LogP contribution in [0, 0.1) is 0 Å². The van der Waals surface area contributed by atoms with E-state index < -0.39 is 0 Å². The van der Waals surface area contributed by atoms with Crippen LogP contribution in [0.5, 0.6) is 0 Å². The Balaban J connectivity index is 2.08. The molecule has 2 rings (SSSR count). The Kier molecular flexibility index (Phi) is 4.93. The second kappa shape index (κ2) is 6.68. The average Bonchev–Trinajstić information content (AvgIpc) is 2.87. The second-order valence-electron chi connectivity index (χ2n) is 3.94. The van der Waals surface area contributed by atoms with E-state index in [1.807, 2.05) is 31.4 Å². The number of rotatable bonds is 5. The van der Waals surface area contributed by atoms with E-state index in [0.29, 0.717) is 10.7 Å². The summed E-state index contributed by atoms with van der Waals surface area (Å²) in [4.78, 5) is 12.1. The highest BCUT2D eigenvalue weighted by Crippen LogP contribution is 2.17. The molecule has 0 aliphatic rings. The third-order valence-corrected chi connectivity index (χ3v) is 4.09. The van der Waals surface area contributed by atoms with Gasteiger partial charge >= 0.3 is 0 Å². The normalized spacial score (nSPS) is 10.4. The first kappa shape index (κ1) is 14.0. The van der Waals surface area contributed by atoms with Gasteiger partial charge in [0.25, 0.3) is 5.91 Å². The molecule has 1 N–H and O–H groups in total. The molecule has 0 radical (unpaired) electrons. The van der Waals surface area contributed by atoms with Gasteiger partial charge in [-0.3, -0.25) is 10.1 Å². The van der Waals surface area contributed by atoms with Gasteiger partial charge in [0.05, 0.1) is 0 Å². The molecule has 0 saturated heterocycles. The summed E-state index contributed by atoms with van der Waals surface area (Å²) in [6.45, 7) is 2.01. The first-order chi connectivity index (χ1) is 9.22. The fraction of sp³-hybridized carbons (Fsp3) is 0.308. The van der Waals surface area contributed by atoms with Gasteiger partial charge < -0.3 is 0 Å². The Hall–Kier alpha value is -1.40. The number of hydrogen-bond donors (Lipinski definition) is 1. The van der Waals surface area contributed by atoms with Crippen molar-refractivity contribution in [2.75, 3.05) is 11.6 Å². The molecule has 100 valence electrons. The van der Waals surface area contributed by atoms with Gasteiger partial charge in [-0.25, -0.2) is 0 Å². The van der Waals surface area contributed by atoms with Crippen molar-refractivity contribution in [2.45, 2.75) is 19.1 Å². The number of hydrogen-bond acceptors (Lipinski definition) is 5. The van der Waals surface area contributed by atoms with E-state index in [1.54, 1.807) is 17.8 Å². The van der Waals surface area contributed by atoms with Gasteiger partial charge in [-0.2, -0.15) is 11.8 Å². The van der Waals surface area contributed by atoms with Gasteiger partial charge in [0, 0.05) is 11.3 Å². The van der Waals surface area contributed by atoms with Crippen molar-refractivity contribution < 1.29 is 4.79 Å². The van der Waals surface area contributed by atoms with E-state index in [9.17, 15) is 4.79 Å². The molecule has 4 nitrogen and oxygen atoms in total. The number of anilines is 1. The van der Waals surface area contributed by atoms with E-state index in [0.717, 1.165) is 22.7 Å². The highest BCUT2D eigenvalue weighted by molar-refractivity contribution is 7.97. The zero-order valence-electron chi connectivity index (χ0n) is 10.8. The second-order valence-corrected chi connectivity index (χ2v) is 5.87. The topological polar surface area (TPSA) is 54.9 Å². The van der Waals surface area contributed by atoms with Gasteiger partial charge in [-0.15, -0.1) is 10.2 Å². The standard InChI is InChI=1S/C13H15N3OS2/c1-3-11-15-16-13(19-11)14-12(17)10-6-4-5-9(7-10)8-18-2/h4-7H,3,8H2,1-2H3,(H,14,16,17). The van der Waals surface area contributed by atoms with Gasteiger partial charge in [0.2, 0.25) is 5.13 Å². The third-order valence-electron chi connectivity index (χ3n) is 2.49. The van der Waals surface area contributed by atoms with Gasteiger partial charge in [-0.1, -0.05) is 30.4 Å². The van der Waals surface area contributed by atoms with Crippen molar-refractivity contribution in [3.8, 4) is 0 Å². The summed E-state index contributed by atoms with van der Waals surface area (Å²) in [5.74, 6) is 0.765. The van der Waals surface area contributed by atoms with Gasteiger partial charge in [0.15, 0.2) is 0 Å². The highest BCUT2D eigenvalue weighted by atomic mass is 32.2. The minimum absolute atomic E-state index is 0.137. The Bertz CT molecular complexity index is 569. The number of benzene rings is 1. The van der Waals surface area contributed by atoms with Crippen molar-refractivity contribution in [3.63, 3.8) is 0 Å². The van der Waals surface area contributed by atoms with Crippen LogP contribution in [0.1, 0.15) is 27.9 Å². The molecule has 0 aliphatic carbocycles. The van der Waals surface area contributed by atoms with Crippen LogP contribution in [0.3, 0.4) is 0 Å². The third kappa shape index (κ3) is 3.78. The summed E-state index contributed by atoms with van der Waals surface area (Å²) in [6, 6.07) is 7.64. The number of amides is 1. The summed E-state index contributed by atoms with van der Waals surface area (Å²) in [6.07, 6.45) is 2.87. The van der Waals surface area contributed by atoms with Crippen LogP contribution >= 0.6 is 23.1 Å². The number of carbonyl (C=O) groups is 1. The molecular weight excluding hydrogens is 278 g/mol. The van der Waals surface area contributed by atoms with Crippen molar-refractivity contribution in [3.05, 3.63) is 40.4 Å². The lowest BCUT2D eigenvalue weighted by molar-refractivity contribution is 0.102. The molecule has 1 aromatic heterocycles. The van der Waals surface area contributed by atoms with Crippen LogP contribution < -0.4 is 5.32 Å². The Labute approximate surface area is 120 Å². The lowest BCUT2D eigenvalue weighted by Crippen LogP contribution is -2.11. The largest absolute Gasteiger partial charge is 0.296 e. The zero-order chi connectivity index (χ0) is 13.7. The summed E-state index contributed by atoms with van der Waals surface area (Å²) >= 11 is 3.15. The maximum Gasteiger partial charge on any atom is 0.257 e. The molecule has 1 aromatic carbocycles. The van der Waals surface area contributed by atoms with Gasteiger partial charge in [0.1, 0.15) is 5.01 Å². The molecule has 0 saturated carbocycles. The summed E-state index contributed by atoms with van der Waals surface area (Å²) in [5.41, 5.74) is 1.80. The van der Waals surface area contributed by atoms with Crippen LogP contribution in [0.15, 0.2) is 24.3 Å². The Morgan fingerprint density at radius 2 is 2.26 bits per heavy atom. The zero-order valence-corrected chi connectivity index (χ0v) is 12.5. The molecule has 2 aromatic rings.